The van der Waals surface area contributed by atoms with Gasteiger partial charge in [-0.2, -0.15) is 0 Å². The number of nitrogens with zero attached hydrogens (tertiary/aromatic N) is 1. The van der Waals surface area contributed by atoms with Gasteiger partial charge in [-0.25, -0.2) is 9.78 Å². The second-order valence-electron chi connectivity index (χ2n) is 4.25. The van der Waals surface area contributed by atoms with Crippen molar-refractivity contribution in [2.45, 2.75) is 0 Å². The van der Waals surface area contributed by atoms with Crippen LogP contribution < -0.4 is 5.56 Å². The number of aromatic hydroxyl groups is 1. The molecule has 0 fully saturated rings. The highest BCUT2D eigenvalue weighted by atomic mass is 32.1. The fourth-order valence-corrected chi connectivity index (χ4v) is 2.93. The zero-order chi connectivity index (χ0) is 15.0. The number of esters is 1. The van der Waals surface area contributed by atoms with Gasteiger partial charge in [0.05, 0.1) is 12.0 Å². The molecule has 0 unspecified atom stereocenters. The first-order valence-corrected chi connectivity index (χ1v) is 6.82. The van der Waals surface area contributed by atoms with Gasteiger partial charge in [-0.05, 0) is 17.5 Å². The summed E-state index contributed by atoms with van der Waals surface area (Å²) >= 11 is 1.43. The van der Waals surface area contributed by atoms with Gasteiger partial charge in [0.25, 0.3) is 5.56 Å². The highest BCUT2D eigenvalue weighted by molar-refractivity contribution is 7.22. The molecule has 106 valence electrons. The molecule has 0 amide bonds. The second kappa shape index (κ2) is 5.02. The van der Waals surface area contributed by atoms with E-state index in [1.165, 1.54) is 11.3 Å². The lowest BCUT2D eigenvalue weighted by Crippen LogP contribution is -2.15. The SMILES string of the molecule is COC(=O)c1nc(-c2cc3ccccc3s2)[nH]c(=O)c1O. The number of aromatic amines is 1. The van der Waals surface area contributed by atoms with Gasteiger partial charge in [0.15, 0.2) is 11.5 Å². The lowest BCUT2D eigenvalue weighted by molar-refractivity contribution is 0.0590. The Morgan fingerprint density at radius 3 is 2.86 bits per heavy atom. The zero-order valence-corrected chi connectivity index (χ0v) is 11.7. The van der Waals surface area contributed by atoms with E-state index in [9.17, 15) is 14.7 Å². The molecule has 2 N–H and O–H groups in total. The largest absolute Gasteiger partial charge is 0.501 e. The van der Waals surface area contributed by atoms with E-state index in [2.05, 4.69) is 14.7 Å². The molecule has 1 aromatic carbocycles. The van der Waals surface area contributed by atoms with Crippen molar-refractivity contribution in [3.8, 4) is 16.5 Å². The molecule has 0 bridgehead atoms. The van der Waals surface area contributed by atoms with Crippen LogP contribution in [0.1, 0.15) is 10.5 Å². The first kappa shape index (κ1) is 13.3. The maximum atomic E-state index is 11.7. The van der Waals surface area contributed by atoms with Crippen molar-refractivity contribution in [2.24, 2.45) is 0 Å². The average molecular weight is 302 g/mol. The Kier molecular flexibility index (Phi) is 3.19. The number of hydrogen-bond donors (Lipinski definition) is 2. The van der Waals surface area contributed by atoms with E-state index < -0.39 is 23.0 Å². The number of nitrogens with one attached hydrogen (secondary N) is 1. The van der Waals surface area contributed by atoms with E-state index in [-0.39, 0.29) is 5.82 Å². The Morgan fingerprint density at radius 2 is 2.14 bits per heavy atom. The third-order valence-corrected chi connectivity index (χ3v) is 4.06. The molecule has 6 nitrogen and oxygen atoms in total. The molecule has 2 aromatic heterocycles. The molecule has 0 radical (unpaired) electrons. The number of rotatable bonds is 2. The molecule has 21 heavy (non-hydrogen) atoms. The summed E-state index contributed by atoms with van der Waals surface area (Å²) in [5, 5.41) is 10.6. The summed E-state index contributed by atoms with van der Waals surface area (Å²) in [6, 6.07) is 9.57. The fourth-order valence-electron chi connectivity index (χ4n) is 1.92. The van der Waals surface area contributed by atoms with Gasteiger partial charge in [-0.3, -0.25) is 4.79 Å². The maximum absolute atomic E-state index is 11.7. The van der Waals surface area contributed by atoms with Crippen molar-refractivity contribution < 1.29 is 14.6 Å². The van der Waals surface area contributed by atoms with Gasteiger partial charge in [0, 0.05) is 4.70 Å². The van der Waals surface area contributed by atoms with Crippen LogP contribution in [-0.2, 0) is 4.74 Å². The van der Waals surface area contributed by atoms with E-state index in [0.717, 1.165) is 17.2 Å². The van der Waals surface area contributed by atoms with E-state index >= 15 is 0 Å². The molecule has 0 saturated carbocycles. The molecule has 0 aliphatic rings. The van der Waals surface area contributed by atoms with Crippen LogP contribution in [0.2, 0.25) is 0 Å². The molecule has 3 aromatic rings. The number of aromatic nitrogens is 2. The zero-order valence-electron chi connectivity index (χ0n) is 10.9. The van der Waals surface area contributed by atoms with E-state index in [0.29, 0.717) is 4.88 Å². The molecule has 0 spiro atoms. The Balaban J connectivity index is 2.20. The Labute approximate surface area is 122 Å². The summed E-state index contributed by atoms with van der Waals surface area (Å²) < 4.78 is 5.54. The predicted octanol–water partition coefficient (Wildman–Crippen LogP) is 2.14. The predicted molar refractivity (Wildman–Crippen MR) is 78.7 cm³/mol. The quantitative estimate of drug-likeness (QED) is 0.708. The number of carbonyl (C=O) groups excluding carboxylic acids is 1. The van der Waals surface area contributed by atoms with Crippen LogP contribution in [0.25, 0.3) is 20.8 Å². The average Bonchev–Trinajstić information content (AvgIpc) is 2.93. The van der Waals surface area contributed by atoms with E-state index in [4.69, 9.17) is 0 Å². The molecular formula is C14H10N2O4S. The van der Waals surface area contributed by atoms with Crippen LogP contribution >= 0.6 is 11.3 Å². The summed E-state index contributed by atoms with van der Waals surface area (Å²) in [5.41, 5.74) is -1.17. The highest BCUT2D eigenvalue weighted by Crippen LogP contribution is 2.31. The topological polar surface area (TPSA) is 92.3 Å². The lowest BCUT2D eigenvalue weighted by Gasteiger charge is -2.03. The van der Waals surface area contributed by atoms with Crippen molar-refractivity contribution in [1.82, 2.24) is 9.97 Å². The number of carbonyl (C=O) groups is 1. The molecule has 0 aliphatic heterocycles. The monoisotopic (exact) mass is 302 g/mol. The van der Waals surface area contributed by atoms with Gasteiger partial charge in [0.2, 0.25) is 5.75 Å². The number of benzene rings is 1. The Bertz CT molecular complexity index is 864. The van der Waals surface area contributed by atoms with E-state index in [1.807, 2.05) is 30.3 Å². The fraction of sp³-hybridized carbons (Fsp3) is 0.0714. The van der Waals surface area contributed by atoms with Crippen LogP contribution in [0, 0.1) is 0 Å². The number of hydrogen-bond acceptors (Lipinski definition) is 6. The molecule has 0 atom stereocenters. The minimum absolute atomic E-state index is 0.222. The van der Waals surface area contributed by atoms with Gasteiger partial charge in [-0.15, -0.1) is 11.3 Å². The second-order valence-corrected chi connectivity index (χ2v) is 5.34. The van der Waals surface area contributed by atoms with Crippen LogP contribution in [-0.4, -0.2) is 28.2 Å². The van der Waals surface area contributed by atoms with Crippen molar-refractivity contribution in [3.05, 3.63) is 46.4 Å². The van der Waals surface area contributed by atoms with Crippen LogP contribution in [0.4, 0.5) is 0 Å². The third-order valence-electron chi connectivity index (χ3n) is 2.93. The van der Waals surface area contributed by atoms with Crippen LogP contribution in [0.15, 0.2) is 35.1 Å². The minimum atomic E-state index is -0.860. The van der Waals surface area contributed by atoms with E-state index in [1.54, 1.807) is 0 Å². The summed E-state index contributed by atoms with van der Waals surface area (Å²) in [6.45, 7) is 0. The molecule has 3 rings (SSSR count). The smallest absolute Gasteiger partial charge is 0.360 e. The Hall–Kier alpha value is -2.67. The first-order chi connectivity index (χ1) is 10.1. The molecule has 0 saturated heterocycles. The van der Waals surface area contributed by atoms with Crippen LogP contribution in [0.5, 0.6) is 5.75 Å². The summed E-state index contributed by atoms with van der Waals surface area (Å²) in [7, 11) is 1.16. The van der Waals surface area contributed by atoms with Gasteiger partial charge >= 0.3 is 5.97 Å². The number of ether oxygens (including phenoxy) is 1. The van der Waals surface area contributed by atoms with Crippen molar-refractivity contribution >= 4 is 27.4 Å². The highest BCUT2D eigenvalue weighted by Gasteiger charge is 2.19. The standard InChI is InChI=1S/C14H10N2O4S/c1-20-14(19)10-11(17)13(18)16-12(15-10)9-6-7-4-2-3-5-8(7)21-9/h2-6,17H,1H3,(H,15,16,18). The van der Waals surface area contributed by atoms with Crippen LogP contribution in [0.3, 0.4) is 0 Å². The van der Waals surface area contributed by atoms with Crippen molar-refractivity contribution in [1.29, 1.82) is 0 Å². The van der Waals surface area contributed by atoms with Gasteiger partial charge in [-0.1, -0.05) is 18.2 Å². The molecular weight excluding hydrogens is 292 g/mol. The number of fused-ring (bicyclic) bond motifs is 1. The number of methoxy groups -OCH3 is 1. The normalized spacial score (nSPS) is 10.7. The van der Waals surface area contributed by atoms with Gasteiger partial charge < -0.3 is 14.8 Å². The minimum Gasteiger partial charge on any atom is -0.501 e. The lowest BCUT2D eigenvalue weighted by atomic mass is 10.2. The van der Waals surface area contributed by atoms with Crippen molar-refractivity contribution in [3.63, 3.8) is 0 Å². The number of thiophene rings is 1. The maximum Gasteiger partial charge on any atom is 0.360 e. The Morgan fingerprint density at radius 1 is 1.38 bits per heavy atom. The third kappa shape index (κ3) is 2.27. The summed E-state index contributed by atoms with van der Waals surface area (Å²) in [6.07, 6.45) is 0. The summed E-state index contributed by atoms with van der Waals surface area (Å²) in [4.78, 5) is 30.4. The van der Waals surface area contributed by atoms with Gasteiger partial charge in [0.1, 0.15) is 0 Å². The first-order valence-electron chi connectivity index (χ1n) is 6.00. The van der Waals surface area contributed by atoms with Crippen molar-refractivity contribution in [2.75, 3.05) is 7.11 Å². The molecule has 2 heterocycles. The molecule has 7 heteroatoms. The number of H-pyrrole nitrogens is 1. The summed E-state index contributed by atoms with van der Waals surface area (Å²) in [5.74, 6) is -1.38. The molecule has 0 aliphatic carbocycles.